The molecule has 0 spiro atoms. The number of carbonyl (C=O) groups is 2. The van der Waals surface area contributed by atoms with Gasteiger partial charge in [-0.25, -0.2) is 4.79 Å². The van der Waals surface area contributed by atoms with Crippen molar-refractivity contribution < 1.29 is 14.3 Å². The topological polar surface area (TPSA) is 84.1 Å². The molecule has 128 valence electrons. The molecule has 6 nitrogen and oxygen atoms in total. The second-order valence-corrected chi connectivity index (χ2v) is 5.95. The number of pyridine rings is 1. The first-order chi connectivity index (χ1) is 11.4. The van der Waals surface area contributed by atoms with Crippen molar-refractivity contribution in [2.24, 2.45) is 0 Å². The van der Waals surface area contributed by atoms with Crippen molar-refractivity contribution in [3.63, 3.8) is 0 Å². The van der Waals surface area contributed by atoms with Crippen LogP contribution in [0.4, 0.5) is 0 Å². The van der Waals surface area contributed by atoms with Crippen LogP contribution in [0.25, 0.3) is 0 Å². The maximum atomic E-state index is 12.4. The fourth-order valence-corrected chi connectivity index (χ4v) is 2.51. The summed E-state index contributed by atoms with van der Waals surface area (Å²) in [4.78, 5) is 31.5. The Morgan fingerprint density at radius 2 is 2.08 bits per heavy atom. The molecule has 0 aromatic carbocycles. The number of hydrogen-bond donors (Lipinski definition) is 2. The number of ether oxygens (including phenoxy) is 1. The van der Waals surface area contributed by atoms with Gasteiger partial charge in [0.05, 0.1) is 11.7 Å². The van der Waals surface area contributed by atoms with E-state index in [0.717, 1.165) is 5.56 Å². The third-order valence-corrected chi connectivity index (χ3v) is 3.63. The Kier molecular flexibility index (Phi) is 5.73. The van der Waals surface area contributed by atoms with Crippen molar-refractivity contribution >= 4 is 11.9 Å². The molecule has 6 heteroatoms. The molecule has 0 saturated heterocycles. The zero-order valence-electron chi connectivity index (χ0n) is 14.5. The number of carbonyl (C=O) groups excluding carboxylic acids is 2. The smallest absolute Gasteiger partial charge is 0.340 e. The molecule has 1 amide bonds. The van der Waals surface area contributed by atoms with Crippen LogP contribution in [-0.2, 0) is 11.2 Å². The third-order valence-electron chi connectivity index (χ3n) is 3.63. The second-order valence-electron chi connectivity index (χ2n) is 5.95. The minimum atomic E-state index is -0.411. The Morgan fingerprint density at radius 3 is 2.71 bits per heavy atom. The lowest BCUT2D eigenvalue weighted by Crippen LogP contribution is -2.26. The van der Waals surface area contributed by atoms with E-state index in [1.165, 1.54) is 0 Å². The van der Waals surface area contributed by atoms with Crippen LogP contribution in [-0.4, -0.2) is 34.5 Å². The van der Waals surface area contributed by atoms with Gasteiger partial charge in [0.15, 0.2) is 0 Å². The van der Waals surface area contributed by atoms with Gasteiger partial charge in [0.1, 0.15) is 5.69 Å². The summed E-state index contributed by atoms with van der Waals surface area (Å²) in [5, 5.41) is 2.86. The normalized spacial score (nSPS) is 10.7. The van der Waals surface area contributed by atoms with E-state index >= 15 is 0 Å². The predicted octanol–water partition coefficient (Wildman–Crippen LogP) is 2.56. The minimum Gasteiger partial charge on any atom is -0.459 e. The fraction of sp³-hybridized carbons (Fsp3) is 0.389. The molecule has 2 rings (SSSR count). The number of H-pyrrole nitrogens is 1. The van der Waals surface area contributed by atoms with E-state index < -0.39 is 5.97 Å². The van der Waals surface area contributed by atoms with Gasteiger partial charge >= 0.3 is 5.97 Å². The number of nitrogens with zero attached hydrogens (tertiary/aromatic N) is 1. The quantitative estimate of drug-likeness (QED) is 0.798. The SMILES string of the molecule is Cc1[nH]c(C(=O)NCCc2cccnc2)c(C)c1C(=O)OC(C)C. The highest BCUT2D eigenvalue weighted by molar-refractivity contribution is 6.00. The Hall–Kier alpha value is -2.63. The molecule has 2 N–H and O–H groups in total. The van der Waals surface area contributed by atoms with Gasteiger partial charge in [-0.05, 0) is 51.3 Å². The molecule has 0 aliphatic carbocycles. The van der Waals surface area contributed by atoms with E-state index in [1.807, 2.05) is 12.1 Å². The van der Waals surface area contributed by atoms with Crippen molar-refractivity contribution in [2.45, 2.75) is 40.2 Å². The molecule has 0 radical (unpaired) electrons. The molecule has 0 bridgehead atoms. The number of aryl methyl sites for hydroxylation is 1. The van der Waals surface area contributed by atoms with Crippen LogP contribution in [0.3, 0.4) is 0 Å². The zero-order valence-corrected chi connectivity index (χ0v) is 14.5. The van der Waals surface area contributed by atoms with E-state index in [-0.39, 0.29) is 12.0 Å². The van der Waals surface area contributed by atoms with Crippen LogP contribution in [0.15, 0.2) is 24.5 Å². The van der Waals surface area contributed by atoms with Gasteiger partial charge < -0.3 is 15.0 Å². The number of amides is 1. The average Bonchev–Trinajstić information content (AvgIpc) is 2.82. The molecule has 0 atom stereocenters. The molecular weight excluding hydrogens is 306 g/mol. The van der Waals surface area contributed by atoms with Gasteiger partial charge in [-0.1, -0.05) is 6.07 Å². The van der Waals surface area contributed by atoms with E-state index in [4.69, 9.17) is 4.74 Å². The lowest BCUT2D eigenvalue weighted by Gasteiger charge is -2.08. The van der Waals surface area contributed by atoms with Crippen molar-refractivity contribution in [3.05, 3.63) is 52.6 Å². The molecule has 24 heavy (non-hydrogen) atoms. The molecule has 0 aliphatic heterocycles. The van der Waals surface area contributed by atoms with Crippen LogP contribution >= 0.6 is 0 Å². The van der Waals surface area contributed by atoms with Gasteiger partial charge in [-0.3, -0.25) is 9.78 Å². The Balaban J connectivity index is 2.03. The summed E-state index contributed by atoms with van der Waals surface area (Å²) >= 11 is 0. The molecule has 2 aromatic rings. The van der Waals surface area contributed by atoms with E-state index in [0.29, 0.717) is 35.5 Å². The maximum absolute atomic E-state index is 12.4. The Labute approximate surface area is 141 Å². The van der Waals surface area contributed by atoms with Crippen LogP contribution < -0.4 is 5.32 Å². The van der Waals surface area contributed by atoms with Crippen LogP contribution in [0.1, 0.15) is 51.5 Å². The molecule has 0 saturated carbocycles. The van der Waals surface area contributed by atoms with Gasteiger partial charge in [-0.2, -0.15) is 0 Å². The average molecular weight is 329 g/mol. The van der Waals surface area contributed by atoms with Gasteiger partial charge in [-0.15, -0.1) is 0 Å². The van der Waals surface area contributed by atoms with Crippen molar-refractivity contribution in [3.8, 4) is 0 Å². The number of aromatic amines is 1. The van der Waals surface area contributed by atoms with Crippen molar-refractivity contribution in [1.82, 2.24) is 15.3 Å². The molecule has 0 unspecified atom stereocenters. The minimum absolute atomic E-state index is 0.206. The standard InChI is InChI=1S/C18H23N3O3/c1-11(2)24-18(23)15-12(3)16(21-13(15)4)17(22)20-9-7-14-6-5-8-19-10-14/h5-6,8,10-11,21H,7,9H2,1-4H3,(H,20,22). The first-order valence-electron chi connectivity index (χ1n) is 7.97. The Morgan fingerprint density at radius 1 is 1.33 bits per heavy atom. The zero-order chi connectivity index (χ0) is 17.7. The summed E-state index contributed by atoms with van der Waals surface area (Å²) in [5.74, 6) is -0.645. The highest BCUT2D eigenvalue weighted by Crippen LogP contribution is 2.19. The summed E-state index contributed by atoms with van der Waals surface area (Å²) in [6, 6.07) is 3.82. The second kappa shape index (κ2) is 7.77. The van der Waals surface area contributed by atoms with Crippen molar-refractivity contribution in [1.29, 1.82) is 0 Å². The van der Waals surface area contributed by atoms with Crippen LogP contribution in [0, 0.1) is 13.8 Å². The lowest BCUT2D eigenvalue weighted by atomic mass is 10.1. The van der Waals surface area contributed by atoms with Crippen molar-refractivity contribution in [2.75, 3.05) is 6.54 Å². The summed E-state index contributed by atoms with van der Waals surface area (Å²) in [7, 11) is 0. The highest BCUT2D eigenvalue weighted by Gasteiger charge is 2.23. The number of rotatable bonds is 6. The van der Waals surface area contributed by atoms with Gasteiger partial charge in [0.2, 0.25) is 0 Å². The summed E-state index contributed by atoms with van der Waals surface area (Å²) in [5.41, 5.74) is 3.13. The summed E-state index contributed by atoms with van der Waals surface area (Å²) in [6.45, 7) is 7.59. The molecular formula is C18H23N3O3. The fourth-order valence-electron chi connectivity index (χ4n) is 2.51. The van der Waals surface area contributed by atoms with E-state index in [2.05, 4.69) is 15.3 Å². The lowest BCUT2D eigenvalue weighted by molar-refractivity contribution is 0.0376. The van der Waals surface area contributed by atoms with Crippen LogP contribution in [0.5, 0.6) is 0 Å². The maximum Gasteiger partial charge on any atom is 0.340 e. The van der Waals surface area contributed by atoms with Gasteiger partial charge in [0.25, 0.3) is 5.91 Å². The number of esters is 1. The summed E-state index contributed by atoms with van der Waals surface area (Å²) in [6.07, 6.45) is 3.98. The molecule has 2 heterocycles. The van der Waals surface area contributed by atoms with Gasteiger partial charge in [0, 0.05) is 24.6 Å². The first-order valence-corrected chi connectivity index (χ1v) is 7.97. The van der Waals surface area contributed by atoms with E-state index in [9.17, 15) is 9.59 Å². The molecule has 2 aromatic heterocycles. The predicted molar refractivity (Wildman–Crippen MR) is 91.1 cm³/mol. The molecule has 0 fully saturated rings. The highest BCUT2D eigenvalue weighted by atomic mass is 16.5. The van der Waals surface area contributed by atoms with Crippen LogP contribution in [0.2, 0.25) is 0 Å². The summed E-state index contributed by atoms with van der Waals surface area (Å²) < 4.78 is 5.23. The number of hydrogen-bond acceptors (Lipinski definition) is 4. The number of nitrogens with one attached hydrogen (secondary N) is 2. The largest absolute Gasteiger partial charge is 0.459 e. The Bertz CT molecular complexity index is 721. The van der Waals surface area contributed by atoms with E-state index in [1.54, 1.807) is 40.1 Å². The molecule has 0 aliphatic rings. The number of aromatic nitrogens is 2. The first kappa shape index (κ1) is 17.7. The monoisotopic (exact) mass is 329 g/mol. The third kappa shape index (κ3) is 4.22.